The molecule has 1 aliphatic heterocycles. The fraction of sp³-hybridized carbons (Fsp3) is 0.233. The van der Waals surface area contributed by atoms with Gasteiger partial charge < -0.3 is 15.5 Å². The second-order valence-electron chi connectivity index (χ2n) is 9.46. The van der Waals surface area contributed by atoms with Crippen LogP contribution in [0.3, 0.4) is 0 Å². The molecule has 1 fully saturated rings. The van der Waals surface area contributed by atoms with Crippen molar-refractivity contribution in [3.05, 3.63) is 113 Å². The van der Waals surface area contributed by atoms with Gasteiger partial charge in [0, 0.05) is 37.2 Å². The number of hydrogen-bond donors (Lipinski definition) is 2. The number of nitrogens with zero attached hydrogens (tertiary/aromatic N) is 3. The lowest BCUT2D eigenvalue weighted by Crippen LogP contribution is -2.51. The zero-order chi connectivity index (χ0) is 27.0. The van der Waals surface area contributed by atoms with E-state index in [0.717, 1.165) is 11.1 Å². The molecular formula is C30H30FN5O2S. The lowest BCUT2D eigenvalue weighted by atomic mass is 9.99. The molecule has 200 valence electrons. The van der Waals surface area contributed by atoms with Gasteiger partial charge in [0.1, 0.15) is 11.5 Å². The van der Waals surface area contributed by atoms with Crippen molar-refractivity contribution in [1.29, 1.82) is 0 Å². The fourth-order valence-electron chi connectivity index (χ4n) is 4.59. The highest BCUT2D eigenvalue weighted by atomic mass is 32.1. The lowest BCUT2D eigenvalue weighted by molar-refractivity contribution is -0.123. The van der Waals surface area contributed by atoms with E-state index in [1.807, 2.05) is 48.5 Å². The zero-order valence-corrected chi connectivity index (χ0v) is 22.2. The molecule has 1 saturated heterocycles. The normalized spacial score (nSPS) is 14.5. The van der Waals surface area contributed by atoms with Gasteiger partial charge in [0.05, 0.1) is 12.6 Å². The van der Waals surface area contributed by atoms with E-state index >= 15 is 0 Å². The summed E-state index contributed by atoms with van der Waals surface area (Å²) >= 11 is 1.33. The Balaban J connectivity index is 1.12. The van der Waals surface area contributed by atoms with Gasteiger partial charge in [-0.3, -0.25) is 14.5 Å². The molecule has 1 aromatic heterocycles. The number of hydrogen-bond acceptors (Lipinski definition) is 6. The molecule has 5 rings (SSSR count). The van der Waals surface area contributed by atoms with E-state index < -0.39 is 0 Å². The summed E-state index contributed by atoms with van der Waals surface area (Å²) in [4.78, 5) is 34.3. The van der Waals surface area contributed by atoms with Crippen LogP contribution >= 0.6 is 11.3 Å². The number of amides is 2. The van der Waals surface area contributed by atoms with E-state index in [-0.39, 0.29) is 30.2 Å². The van der Waals surface area contributed by atoms with Gasteiger partial charge in [0.2, 0.25) is 5.91 Å². The number of thiazole rings is 1. The van der Waals surface area contributed by atoms with E-state index in [0.29, 0.717) is 49.1 Å². The number of benzene rings is 3. The van der Waals surface area contributed by atoms with Crippen LogP contribution in [0, 0.1) is 5.82 Å². The topological polar surface area (TPSA) is 77.6 Å². The van der Waals surface area contributed by atoms with Gasteiger partial charge in [-0.1, -0.05) is 60.7 Å². The van der Waals surface area contributed by atoms with E-state index in [1.54, 1.807) is 22.4 Å². The molecule has 1 atom stereocenters. The molecular weight excluding hydrogens is 513 g/mol. The molecule has 9 heteroatoms. The van der Waals surface area contributed by atoms with Crippen molar-refractivity contribution in [3.63, 3.8) is 0 Å². The first-order valence-electron chi connectivity index (χ1n) is 12.9. The van der Waals surface area contributed by atoms with Crippen LogP contribution in [0.25, 0.3) is 0 Å². The second kappa shape index (κ2) is 12.6. The minimum atomic E-state index is -0.310. The number of nitrogens with one attached hydrogen (secondary N) is 2. The van der Waals surface area contributed by atoms with Crippen LogP contribution < -0.4 is 10.6 Å². The average Bonchev–Trinajstić information content (AvgIpc) is 3.43. The van der Waals surface area contributed by atoms with Crippen molar-refractivity contribution < 1.29 is 14.0 Å². The Bertz CT molecular complexity index is 1370. The van der Waals surface area contributed by atoms with Crippen molar-refractivity contribution in [2.75, 3.05) is 38.0 Å². The van der Waals surface area contributed by atoms with Crippen LogP contribution in [-0.4, -0.2) is 59.3 Å². The van der Waals surface area contributed by atoms with Crippen LogP contribution in [0.4, 0.5) is 15.2 Å². The Morgan fingerprint density at radius 1 is 0.897 bits per heavy atom. The third kappa shape index (κ3) is 7.28. The molecule has 2 amide bonds. The predicted molar refractivity (Wildman–Crippen MR) is 152 cm³/mol. The quantitative estimate of drug-likeness (QED) is 0.315. The molecule has 2 N–H and O–H groups in total. The Morgan fingerprint density at radius 3 is 2.26 bits per heavy atom. The molecule has 0 unspecified atom stereocenters. The summed E-state index contributed by atoms with van der Waals surface area (Å²) in [5.74, 6) is -0.472. The van der Waals surface area contributed by atoms with Gasteiger partial charge in [0.25, 0.3) is 5.91 Å². The molecule has 39 heavy (non-hydrogen) atoms. The third-order valence-electron chi connectivity index (χ3n) is 6.67. The largest absolute Gasteiger partial charge is 0.348 e. The van der Waals surface area contributed by atoms with E-state index in [9.17, 15) is 14.0 Å². The third-order valence-corrected chi connectivity index (χ3v) is 7.42. The van der Waals surface area contributed by atoms with Gasteiger partial charge in [0.15, 0.2) is 5.13 Å². The van der Waals surface area contributed by atoms with Crippen molar-refractivity contribution in [3.8, 4) is 0 Å². The van der Waals surface area contributed by atoms with Crippen molar-refractivity contribution in [2.45, 2.75) is 12.5 Å². The minimum Gasteiger partial charge on any atom is -0.348 e. The van der Waals surface area contributed by atoms with Gasteiger partial charge in [-0.2, -0.15) is 0 Å². The summed E-state index contributed by atoms with van der Waals surface area (Å²) in [7, 11) is 0. The number of rotatable bonds is 9. The van der Waals surface area contributed by atoms with Crippen LogP contribution in [-0.2, 0) is 11.2 Å². The fourth-order valence-corrected chi connectivity index (χ4v) is 5.29. The highest BCUT2D eigenvalue weighted by Crippen LogP contribution is 2.23. The monoisotopic (exact) mass is 543 g/mol. The summed E-state index contributed by atoms with van der Waals surface area (Å²) in [6, 6.07) is 26.0. The number of carbonyl (C=O) groups excluding carboxylic acids is 2. The van der Waals surface area contributed by atoms with Crippen molar-refractivity contribution in [1.82, 2.24) is 20.1 Å². The first-order valence-corrected chi connectivity index (χ1v) is 13.8. The van der Waals surface area contributed by atoms with E-state index in [2.05, 4.69) is 32.7 Å². The summed E-state index contributed by atoms with van der Waals surface area (Å²) < 4.78 is 13.1. The molecule has 4 aromatic rings. The maximum atomic E-state index is 13.1. The Kier molecular flexibility index (Phi) is 8.60. The smallest absolute Gasteiger partial charge is 0.273 e. The van der Waals surface area contributed by atoms with Crippen molar-refractivity contribution in [2.24, 2.45) is 0 Å². The maximum absolute atomic E-state index is 13.1. The molecule has 0 bridgehead atoms. The van der Waals surface area contributed by atoms with Crippen LogP contribution in [0.15, 0.2) is 90.3 Å². The summed E-state index contributed by atoms with van der Waals surface area (Å²) in [5, 5.41) is 8.61. The Labute approximate surface area is 231 Å². The number of halogens is 1. The molecule has 0 aliphatic carbocycles. The highest BCUT2D eigenvalue weighted by Gasteiger charge is 2.25. The summed E-state index contributed by atoms with van der Waals surface area (Å²) in [5.41, 5.74) is 3.32. The van der Waals surface area contributed by atoms with Crippen LogP contribution in [0.1, 0.15) is 27.7 Å². The number of anilines is 2. The first kappa shape index (κ1) is 26.5. The molecule has 3 aromatic carbocycles. The molecule has 0 radical (unpaired) electrons. The van der Waals surface area contributed by atoms with Crippen LogP contribution in [0.2, 0.25) is 0 Å². The molecule has 0 spiro atoms. The molecule has 7 nitrogen and oxygen atoms in total. The Morgan fingerprint density at radius 2 is 1.56 bits per heavy atom. The number of piperazine rings is 1. The van der Waals surface area contributed by atoms with Crippen LogP contribution in [0.5, 0.6) is 0 Å². The molecule has 1 aliphatic rings. The molecule has 0 saturated carbocycles. The SMILES string of the molecule is O=C(CN1CCN(C(=O)c2csc(Nc3ccc(F)cc3)n2)CC1)N[C@@H](Cc1ccccc1)c1ccccc1. The second-order valence-corrected chi connectivity index (χ2v) is 10.3. The Hall–Kier alpha value is -4.08. The van der Waals surface area contributed by atoms with Gasteiger partial charge in [-0.05, 0) is 41.8 Å². The average molecular weight is 544 g/mol. The standard InChI is InChI=1S/C30H30FN5O2S/c31-24-11-13-25(14-12-24)32-30-34-27(21-39-30)29(38)36-17-15-35(16-18-36)20-28(37)33-26(23-9-5-2-6-10-23)19-22-7-3-1-4-8-22/h1-14,21,26H,15-20H2,(H,32,34)(H,33,37)/t26-/m0/s1. The maximum Gasteiger partial charge on any atom is 0.273 e. The minimum absolute atomic E-state index is 0.0319. The summed E-state index contributed by atoms with van der Waals surface area (Å²) in [6.07, 6.45) is 0.713. The first-order chi connectivity index (χ1) is 19.0. The number of carbonyl (C=O) groups is 2. The predicted octanol–water partition coefficient (Wildman–Crippen LogP) is 4.88. The summed E-state index contributed by atoms with van der Waals surface area (Å²) in [6.45, 7) is 2.55. The van der Waals surface area contributed by atoms with Gasteiger partial charge >= 0.3 is 0 Å². The van der Waals surface area contributed by atoms with E-state index in [1.165, 1.54) is 23.5 Å². The van der Waals surface area contributed by atoms with Gasteiger partial charge in [-0.15, -0.1) is 11.3 Å². The van der Waals surface area contributed by atoms with E-state index in [4.69, 9.17) is 0 Å². The lowest BCUT2D eigenvalue weighted by Gasteiger charge is -2.34. The zero-order valence-electron chi connectivity index (χ0n) is 21.4. The number of aromatic nitrogens is 1. The highest BCUT2D eigenvalue weighted by molar-refractivity contribution is 7.14. The van der Waals surface area contributed by atoms with Gasteiger partial charge in [-0.25, -0.2) is 9.37 Å². The van der Waals surface area contributed by atoms with Crippen molar-refractivity contribution >= 4 is 34.0 Å². The molecule has 2 heterocycles.